The predicted molar refractivity (Wildman–Crippen MR) is 64.0 cm³/mol. The van der Waals surface area contributed by atoms with E-state index < -0.39 is 28.1 Å². The molecular weight excluding hydrogens is 268 g/mol. The molecule has 1 amide bonds. The van der Waals surface area contributed by atoms with Gasteiger partial charge in [-0.3, -0.25) is 4.79 Å². The number of rotatable bonds is 5. The molecule has 1 rings (SSSR count). The van der Waals surface area contributed by atoms with Crippen LogP contribution >= 0.6 is 11.6 Å². The molecule has 0 radical (unpaired) electrons. The van der Waals surface area contributed by atoms with Crippen LogP contribution in [-0.2, 0) is 14.8 Å². The number of nitrogens with two attached hydrogens (primary N) is 1. The maximum Gasteiger partial charge on any atom is 0.235 e. The van der Waals surface area contributed by atoms with Gasteiger partial charge in [0, 0.05) is 18.8 Å². The molecule has 6 nitrogen and oxygen atoms in total. The van der Waals surface area contributed by atoms with Crippen molar-refractivity contribution in [2.45, 2.75) is 25.5 Å². The van der Waals surface area contributed by atoms with Gasteiger partial charge < -0.3 is 10.8 Å². The summed E-state index contributed by atoms with van der Waals surface area (Å²) in [5.74, 6) is -0.874. The van der Waals surface area contributed by atoms with Crippen LogP contribution in [0.25, 0.3) is 0 Å². The molecule has 3 unspecified atom stereocenters. The highest BCUT2D eigenvalue weighted by molar-refractivity contribution is 7.89. The lowest BCUT2D eigenvalue weighted by molar-refractivity contribution is -0.121. The molecule has 17 heavy (non-hydrogen) atoms. The number of hydrogen-bond donors (Lipinski definition) is 2. The van der Waals surface area contributed by atoms with Gasteiger partial charge in [-0.1, -0.05) is 6.92 Å². The number of nitrogens with zero attached hydrogens (tertiary/aromatic N) is 1. The van der Waals surface area contributed by atoms with E-state index in [0.717, 1.165) is 4.31 Å². The summed E-state index contributed by atoms with van der Waals surface area (Å²) in [5, 5.41) is 9.43. The number of sulfonamides is 1. The lowest BCUT2D eigenvalue weighted by atomic mass is 10.2. The highest BCUT2D eigenvalue weighted by Gasteiger charge is 2.42. The quantitative estimate of drug-likeness (QED) is 0.640. The van der Waals surface area contributed by atoms with Crippen molar-refractivity contribution in [3.8, 4) is 0 Å². The van der Waals surface area contributed by atoms with E-state index in [2.05, 4.69) is 0 Å². The number of alkyl halides is 1. The van der Waals surface area contributed by atoms with Crippen LogP contribution in [0.1, 0.15) is 13.3 Å². The first-order valence-electron chi connectivity index (χ1n) is 5.30. The van der Waals surface area contributed by atoms with Crippen molar-refractivity contribution in [2.24, 2.45) is 11.7 Å². The first-order chi connectivity index (χ1) is 7.77. The molecular formula is C9H17ClN2O4S. The summed E-state index contributed by atoms with van der Waals surface area (Å²) in [6, 6.07) is -0.947. The third-order valence-corrected chi connectivity index (χ3v) is 5.31. The van der Waals surface area contributed by atoms with Crippen molar-refractivity contribution in [3.63, 3.8) is 0 Å². The average molecular weight is 285 g/mol. The Hall–Kier alpha value is -0.370. The Morgan fingerprint density at radius 3 is 2.71 bits per heavy atom. The molecule has 0 saturated carbocycles. The number of primary amides is 1. The maximum atomic E-state index is 12.0. The van der Waals surface area contributed by atoms with E-state index in [-0.39, 0.29) is 30.5 Å². The van der Waals surface area contributed by atoms with E-state index in [1.54, 1.807) is 6.92 Å². The van der Waals surface area contributed by atoms with E-state index in [9.17, 15) is 18.3 Å². The first-order valence-corrected chi connectivity index (χ1v) is 7.45. The number of aliphatic hydroxyl groups is 1. The predicted octanol–water partition coefficient (Wildman–Crippen LogP) is -0.888. The topological polar surface area (TPSA) is 101 Å². The minimum absolute atomic E-state index is 0.0593. The van der Waals surface area contributed by atoms with Crippen molar-refractivity contribution < 1.29 is 18.3 Å². The number of carbonyl (C=O) groups excluding carboxylic acids is 1. The lowest BCUT2D eigenvalue weighted by Gasteiger charge is -2.22. The number of aliphatic hydroxyl groups excluding tert-OH is 1. The van der Waals surface area contributed by atoms with Crippen LogP contribution in [0.3, 0.4) is 0 Å². The summed E-state index contributed by atoms with van der Waals surface area (Å²) >= 11 is 5.57. The molecule has 1 aliphatic rings. The molecule has 1 saturated heterocycles. The van der Waals surface area contributed by atoms with Gasteiger partial charge in [0.2, 0.25) is 15.9 Å². The van der Waals surface area contributed by atoms with Gasteiger partial charge in [-0.2, -0.15) is 4.31 Å². The number of carbonyl (C=O) groups is 1. The van der Waals surface area contributed by atoms with Crippen molar-refractivity contribution in [2.75, 3.05) is 18.2 Å². The van der Waals surface area contributed by atoms with Crippen LogP contribution in [0.15, 0.2) is 0 Å². The van der Waals surface area contributed by atoms with Gasteiger partial charge in [-0.05, 0) is 5.92 Å². The molecule has 3 N–H and O–H groups in total. The Morgan fingerprint density at radius 1 is 1.65 bits per heavy atom. The van der Waals surface area contributed by atoms with Crippen LogP contribution in [-0.4, -0.2) is 54.1 Å². The first kappa shape index (κ1) is 14.7. The third kappa shape index (κ3) is 3.54. The van der Waals surface area contributed by atoms with Crippen LogP contribution in [0.4, 0.5) is 0 Å². The fourth-order valence-corrected chi connectivity index (χ4v) is 4.09. The van der Waals surface area contributed by atoms with E-state index in [4.69, 9.17) is 17.3 Å². The molecule has 0 bridgehead atoms. The zero-order valence-electron chi connectivity index (χ0n) is 9.54. The van der Waals surface area contributed by atoms with E-state index in [1.807, 2.05) is 0 Å². The molecule has 0 aliphatic carbocycles. The minimum Gasteiger partial charge on any atom is -0.392 e. The molecule has 3 atom stereocenters. The molecule has 0 aromatic rings. The molecule has 0 aromatic heterocycles. The summed E-state index contributed by atoms with van der Waals surface area (Å²) in [4.78, 5) is 11.1. The second-order valence-corrected chi connectivity index (χ2v) is 6.69. The fourth-order valence-electron chi connectivity index (χ4n) is 1.85. The zero-order valence-corrected chi connectivity index (χ0v) is 11.1. The second-order valence-electron chi connectivity index (χ2n) is 4.42. The molecule has 1 heterocycles. The Labute approximate surface area is 106 Å². The smallest absolute Gasteiger partial charge is 0.235 e. The van der Waals surface area contributed by atoms with E-state index in [0.29, 0.717) is 0 Å². The number of hydrogen-bond acceptors (Lipinski definition) is 4. The molecule has 8 heteroatoms. The van der Waals surface area contributed by atoms with Gasteiger partial charge in [0.15, 0.2) is 0 Å². The molecule has 0 spiro atoms. The van der Waals surface area contributed by atoms with Crippen LogP contribution in [0.5, 0.6) is 0 Å². The Morgan fingerprint density at radius 2 is 2.24 bits per heavy atom. The van der Waals surface area contributed by atoms with E-state index in [1.165, 1.54) is 0 Å². The SMILES string of the molecule is CC(CCl)CS(=O)(=O)N1CC(O)CC1C(N)=O. The standard InChI is InChI=1S/C9H17ClN2O4S/c1-6(3-10)5-17(15,16)12-4-7(13)2-8(12)9(11)14/h6-8,13H,2-5H2,1H3,(H2,11,14). The van der Waals surface area contributed by atoms with Gasteiger partial charge in [0.1, 0.15) is 6.04 Å². The molecule has 0 aromatic carbocycles. The normalized spacial score (nSPS) is 28.2. The van der Waals surface area contributed by atoms with Crippen molar-refractivity contribution >= 4 is 27.5 Å². The zero-order chi connectivity index (χ0) is 13.2. The van der Waals surface area contributed by atoms with Crippen LogP contribution < -0.4 is 5.73 Å². The summed E-state index contributed by atoms with van der Waals surface area (Å²) in [5.41, 5.74) is 5.13. The minimum atomic E-state index is -3.61. The lowest BCUT2D eigenvalue weighted by Crippen LogP contribution is -2.45. The highest BCUT2D eigenvalue weighted by atomic mass is 35.5. The van der Waals surface area contributed by atoms with Crippen molar-refractivity contribution in [3.05, 3.63) is 0 Å². The molecule has 1 aliphatic heterocycles. The van der Waals surface area contributed by atoms with Crippen LogP contribution in [0.2, 0.25) is 0 Å². The van der Waals surface area contributed by atoms with Crippen molar-refractivity contribution in [1.82, 2.24) is 4.31 Å². The monoisotopic (exact) mass is 284 g/mol. The van der Waals surface area contributed by atoms with Gasteiger partial charge in [-0.25, -0.2) is 8.42 Å². The third-order valence-electron chi connectivity index (χ3n) is 2.68. The summed E-state index contributed by atoms with van der Waals surface area (Å²) in [7, 11) is -3.61. The fraction of sp³-hybridized carbons (Fsp3) is 0.889. The highest BCUT2D eigenvalue weighted by Crippen LogP contribution is 2.23. The largest absolute Gasteiger partial charge is 0.392 e. The maximum absolute atomic E-state index is 12.0. The van der Waals surface area contributed by atoms with Gasteiger partial charge in [0.25, 0.3) is 0 Å². The molecule has 1 fully saturated rings. The Balaban J connectivity index is 2.86. The second kappa shape index (κ2) is 5.51. The van der Waals surface area contributed by atoms with Gasteiger partial charge >= 0.3 is 0 Å². The average Bonchev–Trinajstić information content (AvgIpc) is 2.60. The van der Waals surface area contributed by atoms with Gasteiger partial charge in [0.05, 0.1) is 11.9 Å². The van der Waals surface area contributed by atoms with Crippen LogP contribution in [0, 0.1) is 5.92 Å². The van der Waals surface area contributed by atoms with Crippen molar-refractivity contribution in [1.29, 1.82) is 0 Å². The summed E-state index contributed by atoms with van der Waals surface area (Å²) < 4.78 is 25.0. The van der Waals surface area contributed by atoms with E-state index >= 15 is 0 Å². The Kier molecular flexibility index (Phi) is 4.77. The summed E-state index contributed by atoms with van der Waals surface area (Å²) in [6.45, 7) is 1.63. The summed E-state index contributed by atoms with van der Waals surface area (Å²) in [6.07, 6.45) is -0.780. The molecule has 100 valence electrons. The number of halogens is 1. The number of amides is 1. The number of β-amino-alcohol motifs (C(OH)–C–C–N with tert-alkyl or cyclic N) is 1. The van der Waals surface area contributed by atoms with Gasteiger partial charge in [-0.15, -0.1) is 11.6 Å². The Bertz CT molecular complexity index is 386.